The van der Waals surface area contributed by atoms with Crippen LogP contribution in [0.1, 0.15) is 46.2 Å². The Hall–Kier alpha value is -1.77. The maximum absolute atomic E-state index is 5.75. The fourth-order valence-electron chi connectivity index (χ4n) is 2.15. The van der Waals surface area contributed by atoms with Gasteiger partial charge in [-0.05, 0) is 31.5 Å². The number of imidazole rings is 1. The average molecular weight is 276 g/mol. The van der Waals surface area contributed by atoms with Crippen LogP contribution in [0, 0.1) is 13.8 Å². The zero-order valence-electron chi connectivity index (χ0n) is 13.5. The van der Waals surface area contributed by atoms with E-state index in [1.807, 2.05) is 34.6 Å². The van der Waals surface area contributed by atoms with Crippen LogP contribution in [-0.4, -0.2) is 16.6 Å². The lowest BCUT2D eigenvalue weighted by molar-refractivity contribution is 0.325. The Labute approximate surface area is 123 Å². The summed E-state index contributed by atoms with van der Waals surface area (Å²) in [6.07, 6.45) is 0.893. The molecule has 0 saturated heterocycles. The Balaban J connectivity index is 0.000000741. The van der Waals surface area contributed by atoms with Crippen molar-refractivity contribution < 1.29 is 6.16 Å². The fraction of sp³-hybridized carbons (Fsp3) is 0.471. The summed E-state index contributed by atoms with van der Waals surface area (Å²) in [7, 11) is 0. The molecule has 2 heterocycles. The summed E-state index contributed by atoms with van der Waals surface area (Å²) >= 11 is 0. The Morgan fingerprint density at radius 1 is 1.15 bits per heavy atom. The molecule has 0 bridgehead atoms. The molecule has 0 fully saturated rings. The van der Waals surface area contributed by atoms with Gasteiger partial charge in [0.15, 0.2) is 0 Å². The van der Waals surface area contributed by atoms with Crippen molar-refractivity contribution in [2.24, 2.45) is 0 Å². The van der Waals surface area contributed by atoms with Crippen molar-refractivity contribution in [3.05, 3.63) is 35.3 Å². The third-order valence-electron chi connectivity index (χ3n) is 2.90. The third kappa shape index (κ3) is 3.41. The van der Waals surface area contributed by atoms with Gasteiger partial charge in [-0.25, -0.2) is 4.98 Å². The van der Waals surface area contributed by atoms with Crippen molar-refractivity contribution in [1.82, 2.24) is 9.97 Å². The minimum atomic E-state index is 0. The topological polar surface area (TPSA) is 37.9 Å². The minimum absolute atomic E-state index is 0. The van der Waals surface area contributed by atoms with Gasteiger partial charge in [0.05, 0.1) is 12.3 Å². The fourth-order valence-corrected chi connectivity index (χ4v) is 2.15. The first-order chi connectivity index (χ1) is 9.74. The maximum Gasteiger partial charge on any atom is 0.129 e. The predicted molar refractivity (Wildman–Crippen MR) is 87.5 cm³/mol. The smallest absolute Gasteiger partial charge is 0.129 e. The van der Waals surface area contributed by atoms with E-state index >= 15 is 0 Å². The van der Waals surface area contributed by atoms with Crippen LogP contribution in [-0.2, 0) is 6.42 Å². The molecule has 1 aromatic heterocycles. The molecule has 0 atom stereocenters. The maximum atomic E-state index is 5.75. The molecule has 20 heavy (non-hydrogen) atoms. The molecule has 3 rings (SSSR count). The first kappa shape index (κ1) is 16.3. The molecule has 3 heteroatoms. The highest BCUT2D eigenvalue weighted by atomic mass is 16.5. The lowest BCUT2D eigenvalue weighted by atomic mass is 10.1. The van der Waals surface area contributed by atoms with Gasteiger partial charge < -0.3 is 9.72 Å². The summed E-state index contributed by atoms with van der Waals surface area (Å²) in [6, 6.07) is 6.27. The van der Waals surface area contributed by atoms with Crippen molar-refractivity contribution >= 4 is 0 Å². The molecule has 1 aliphatic heterocycles. The Kier molecular flexibility index (Phi) is 6.29. The normalized spacial score (nSPS) is 11.5. The third-order valence-corrected chi connectivity index (χ3v) is 2.90. The van der Waals surface area contributed by atoms with Crippen molar-refractivity contribution in [3.8, 4) is 17.0 Å². The number of aromatic amines is 1. The van der Waals surface area contributed by atoms with Crippen LogP contribution in [0.5, 0.6) is 5.75 Å². The Morgan fingerprint density at radius 3 is 2.55 bits per heavy atom. The molecular formula is C17H28N2O. The highest BCUT2D eigenvalue weighted by molar-refractivity contribution is 5.70. The molecule has 0 spiro atoms. The van der Waals surface area contributed by atoms with Gasteiger partial charge in [0.25, 0.3) is 0 Å². The number of benzene rings is 1. The lowest BCUT2D eigenvalue weighted by Gasteiger charge is -2.07. The zero-order chi connectivity index (χ0) is 15.1. The van der Waals surface area contributed by atoms with Crippen LogP contribution in [0.2, 0.25) is 0 Å². The molecule has 1 aromatic carbocycles. The minimum Gasteiger partial charge on any atom is -0.492 e. The second-order valence-corrected chi connectivity index (χ2v) is 4.25. The molecule has 0 radical (unpaired) electrons. The molecule has 0 amide bonds. The lowest BCUT2D eigenvalue weighted by Crippen LogP contribution is -1.99. The van der Waals surface area contributed by atoms with Gasteiger partial charge >= 0.3 is 0 Å². The van der Waals surface area contributed by atoms with Gasteiger partial charge in [0.2, 0.25) is 0 Å². The van der Waals surface area contributed by atoms with Crippen molar-refractivity contribution in [3.63, 3.8) is 0 Å². The van der Waals surface area contributed by atoms with Crippen LogP contribution in [0.25, 0.3) is 11.3 Å². The van der Waals surface area contributed by atoms with Crippen LogP contribution in [0.4, 0.5) is 0 Å². The van der Waals surface area contributed by atoms with Gasteiger partial charge in [0, 0.05) is 19.1 Å². The van der Waals surface area contributed by atoms with Crippen LogP contribution < -0.4 is 4.74 Å². The summed E-state index contributed by atoms with van der Waals surface area (Å²) in [5.74, 6) is 1.92. The van der Waals surface area contributed by atoms with E-state index in [0.717, 1.165) is 29.3 Å². The molecule has 3 nitrogen and oxygen atoms in total. The van der Waals surface area contributed by atoms with E-state index in [1.165, 1.54) is 11.3 Å². The summed E-state index contributed by atoms with van der Waals surface area (Å²) in [5.41, 5.74) is 4.54. The summed E-state index contributed by atoms with van der Waals surface area (Å²) in [5, 5.41) is 0. The largest absolute Gasteiger partial charge is 0.492 e. The predicted octanol–water partition coefficient (Wildman–Crippen LogP) is 4.93. The molecule has 2 aromatic rings. The molecule has 0 aliphatic carbocycles. The van der Waals surface area contributed by atoms with Gasteiger partial charge in [0.1, 0.15) is 11.6 Å². The standard InChI is InChI=1S/C13H14N2O.2C2H6.H2/c1-8-3-4-10-12(7-8)16-6-5-11-13(10)15-9(2)14-11;2*1-2;/h3-4,7H,5-6H2,1-2H3,(H,14,15);2*1-2H3;1H. The van der Waals surface area contributed by atoms with Crippen molar-refractivity contribution in [2.75, 3.05) is 6.61 Å². The number of aryl methyl sites for hydroxylation is 2. The van der Waals surface area contributed by atoms with E-state index in [-0.39, 0.29) is 1.43 Å². The average Bonchev–Trinajstić information content (AvgIpc) is 2.76. The quantitative estimate of drug-likeness (QED) is 0.741. The molecule has 1 aliphatic rings. The number of fused-ring (bicyclic) bond motifs is 3. The molecule has 0 unspecified atom stereocenters. The van der Waals surface area contributed by atoms with Gasteiger partial charge in [-0.15, -0.1) is 0 Å². The number of hydrogen-bond donors (Lipinski definition) is 1. The monoisotopic (exact) mass is 276 g/mol. The van der Waals surface area contributed by atoms with E-state index in [9.17, 15) is 0 Å². The SMILES string of the molecule is CC.CC.Cc1ccc2c(c1)OCCc1[nH]c(C)nc1-2.[HH]. The van der Waals surface area contributed by atoms with Crippen LogP contribution in [0.15, 0.2) is 18.2 Å². The number of H-pyrrole nitrogens is 1. The van der Waals surface area contributed by atoms with E-state index in [0.29, 0.717) is 6.61 Å². The van der Waals surface area contributed by atoms with Crippen LogP contribution >= 0.6 is 0 Å². The first-order valence-electron chi connectivity index (χ1n) is 7.53. The molecule has 112 valence electrons. The second-order valence-electron chi connectivity index (χ2n) is 4.25. The van der Waals surface area contributed by atoms with E-state index in [1.54, 1.807) is 0 Å². The highest BCUT2D eigenvalue weighted by Gasteiger charge is 2.18. The molecular weight excluding hydrogens is 248 g/mol. The highest BCUT2D eigenvalue weighted by Crippen LogP contribution is 2.34. The number of aromatic nitrogens is 2. The van der Waals surface area contributed by atoms with E-state index in [2.05, 4.69) is 35.1 Å². The molecule has 1 N–H and O–H groups in total. The summed E-state index contributed by atoms with van der Waals surface area (Å²) < 4.78 is 5.75. The number of hydrogen-bond acceptors (Lipinski definition) is 2. The number of rotatable bonds is 0. The second kappa shape index (κ2) is 7.73. The molecule has 0 saturated carbocycles. The number of nitrogens with zero attached hydrogens (tertiary/aromatic N) is 1. The Morgan fingerprint density at radius 2 is 1.85 bits per heavy atom. The van der Waals surface area contributed by atoms with Gasteiger partial charge in [-0.2, -0.15) is 0 Å². The zero-order valence-corrected chi connectivity index (χ0v) is 13.5. The van der Waals surface area contributed by atoms with E-state index < -0.39 is 0 Å². The van der Waals surface area contributed by atoms with Gasteiger partial charge in [-0.3, -0.25) is 0 Å². The van der Waals surface area contributed by atoms with Crippen LogP contribution in [0.3, 0.4) is 0 Å². The first-order valence-corrected chi connectivity index (χ1v) is 7.53. The Bertz CT molecular complexity index is 550. The van der Waals surface area contributed by atoms with E-state index in [4.69, 9.17) is 4.74 Å². The summed E-state index contributed by atoms with van der Waals surface area (Å²) in [4.78, 5) is 7.85. The van der Waals surface area contributed by atoms with Crippen molar-refractivity contribution in [2.45, 2.75) is 48.0 Å². The van der Waals surface area contributed by atoms with Crippen molar-refractivity contribution in [1.29, 1.82) is 0 Å². The summed E-state index contributed by atoms with van der Waals surface area (Å²) in [6.45, 7) is 12.8. The number of ether oxygens (including phenoxy) is 1. The number of nitrogens with one attached hydrogen (secondary N) is 1. The van der Waals surface area contributed by atoms with Gasteiger partial charge in [-0.1, -0.05) is 33.8 Å².